The van der Waals surface area contributed by atoms with Crippen LogP contribution in [0.5, 0.6) is 28.7 Å². The van der Waals surface area contributed by atoms with Crippen molar-refractivity contribution in [3.05, 3.63) is 47.1 Å². The minimum Gasteiger partial charge on any atom is -0.496 e. The van der Waals surface area contributed by atoms with Crippen LogP contribution >= 0.6 is 11.3 Å². The van der Waals surface area contributed by atoms with Crippen LogP contribution in [-0.2, 0) is 13.1 Å². The molecule has 0 saturated heterocycles. The summed E-state index contributed by atoms with van der Waals surface area (Å²) in [5.74, 6) is 3.43. The van der Waals surface area contributed by atoms with Crippen molar-refractivity contribution in [2.45, 2.75) is 13.1 Å². The number of aromatic nitrogens is 1. The molecule has 2 aromatic carbocycles. The zero-order chi connectivity index (χ0) is 21.5. The molecule has 0 fully saturated rings. The lowest BCUT2D eigenvalue weighted by Crippen LogP contribution is -2.13. The second-order valence-corrected chi connectivity index (χ2v) is 7.40. The maximum Gasteiger partial charge on any atom is 0.165 e. The zero-order valence-corrected chi connectivity index (χ0v) is 18.6. The van der Waals surface area contributed by atoms with E-state index in [0.29, 0.717) is 36.1 Å². The van der Waals surface area contributed by atoms with E-state index in [9.17, 15) is 0 Å². The second-order valence-electron chi connectivity index (χ2n) is 6.28. The topological polar surface area (TPSA) is 71.1 Å². The Balaban J connectivity index is 1.74. The number of nitrogens with one attached hydrogen (secondary N) is 1. The van der Waals surface area contributed by atoms with Gasteiger partial charge >= 0.3 is 0 Å². The summed E-state index contributed by atoms with van der Waals surface area (Å²) in [5, 5.41) is 4.38. The summed E-state index contributed by atoms with van der Waals surface area (Å²) in [6.07, 6.45) is 1.84. The predicted octanol–water partition coefficient (Wildman–Crippen LogP) is 4.14. The van der Waals surface area contributed by atoms with Crippen LogP contribution in [0.3, 0.4) is 0 Å². The molecule has 3 aromatic rings. The molecule has 160 valence electrons. The first kappa shape index (κ1) is 21.7. The predicted molar refractivity (Wildman–Crippen MR) is 117 cm³/mol. The first-order valence-electron chi connectivity index (χ1n) is 9.30. The molecular weight excluding hydrogens is 404 g/mol. The van der Waals surface area contributed by atoms with Crippen LogP contribution in [0.4, 0.5) is 0 Å². The van der Waals surface area contributed by atoms with E-state index < -0.39 is 0 Å². The zero-order valence-electron chi connectivity index (χ0n) is 17.8. The van der Waals surface area contributed by atoms with Crippen molar-refractivity contribution >= 4 is 11.3 Å². The molecule has 1 heterocycles. The summed E-state index contributed by atoms with van der Waals surface area (Å²) in [5.41, 5.74) is 1.93. The van der Waals surface area contributed by atoms with Crippen molar-refractivity contribution in [2.75, 3.05) is 35.5 Å². The summed E-state index contributed by atoms with van der Waals surface area (Å²) >= 11 is 1.59. The number of thiazole rings is 1. The molecule has 30 heavy (non-hydrogen) atoms. The van der Waals surface area contributed by atoms with Gasteiger partial charge in [-0.1, -0.05) is 12.1 Å². The molecule has 0 radical (unpaired) electrons. The quantitative estimate of drug-likeness (QED) is 0.518. The Morgan fingerprint density at radius 3 is 2.17 bits per heavy atom. The molecule has 3 rings (SSSR count). The number of nitrogens with zero attached hydrogens (tertiary/aromatic N) is 1. The normalized spacial score (nSPS) is 10.6. The Morgan fingerprint density at radius 2 is 1.50 bits per heavy atom. The van der Waals surface area contributed by atoms with Gasteiger partial charge in [-0.05, 0) is 12.1 Å². The van der Waals surface area contributed by atoms with Crippen molar-refractivity contribution in [3.63, 3.8) is 0 Å². The van der Waals surface area contributed by atoms with E-state index in [1.165, 1.54) is 0 Å². The average molecular weight is 431 g/mol. The van der Waals surface area contributed by atoms with Crippen LogP contribution in [0.2, 0.25) is 0 Å². The van der Waals surface area contributed by atoms with Crippen molar-refractivity contribution in [1.82, 2.24) is 10.3 Å². The highest BCUT2D eigenvalue weighted by Gasteiger charge is 2.16. The van der Waals surface area contributed by atoms with E-state index in [4.69, 9.17) is 23.7 Å². The summed E-state index contributed by atoms with van der Waals surface area (Å²) in [6.45, 7) is 1.26. The van der Waals surface area contributed by atoms with Gasteiger partial charge in [0.25, 0.3) is 0 Å². The maximum atomic E-state index is 5.54. The highest BCUT2D eigenvalue weighted by Crippen LogP contribution is 2.41. The van der Waals surface area contributed by atoms with Gasteiger partial charge in [0, 0.05) is 36.5 Å². The minimum atomic E-state index is 0.622. The fraction of sp³-hybridized carbons (Fsp3) is 0.318. The molecule has 0 saturated carbocycles. The fourth-order valence-corrected chi connectivity index (χ4v) is 4.04. The molecule has 8 heteroatoms. The molecule has 0 aliphatic heterocycles. The lowest BCUT2D eigenvalue weighted by atomic mass is 10.1. The highest BCUT2D eigenvalue weighted by molar-refractivity contribution is 7.15. The van der Waals surface area contributed by atoms with Gasteiger partial charge in [0.15, 0.2) is 23.0 Å². The molecule has 0 amide bonds. The molecular formula is C22H26N2O5S. The van der Waals surface area contributed by atoms with Crippen LogP contribution in [-0.4, -0.2) is 40.5 Å². The molecule has 0 unspecified atom stereocenters. The third-order valence-corrected chi connectivity index (χ3v) is 5.63. The lowest BCUT2D eigenvalue weighted by molar-refractivity contribution is 0.349. The molecule has 7 nitrogen and oxygen atoms in total. The summed E-state index contributed by atoms with van der Waals surface area (Å²) < 4.78 is 27.2. The van der Waals surface area contributed by atoms with Gasteiger partial charge in [0.05, 0.1) is 40.4 Å². The van der Waals surface area contributed by atoms with Gasteiger partial charge in [-0.15, -0.1) is 11.3 Å². The Labute approximate surface area is 180 Å². The van der Waals surface area contributed by atoms with Gasteiger partial charge in [-0.25, -0.2) is 4.98 Å². The van der Waals surface area contributed by atoms with Crippen LogP contribution < -0.4 is 29.0 Å². The Hall–Kier alpha value is -2.97. The summed E-state index contributed by atoms with van der Waals surface area (Å²) in [7, 11) is 8.13. The number of benzene rings is 2. The molecule has 0 aliphatic carbocycles. The van der Waals surface area contributed by atoms with Crippen LogP contribution in [0.15, 0.2) is 36.5 Å². The Kier molecular flexibility index (Phi) is 7.37. The number of methoxy groups -OCH3 is 5. The van der Waals surface area contributed by atoms with E-state index in [0.717, 1.165) is 26.8 Å². The summed E-state index contributed by atoms with van der Waals surface area (Å²) in [6, 6.07) is 9.57. The molecule has 0 atom stereocenters. The summed E-state index contributed by atoms with van der Waals surface area (Å²) in [4.78, 5) is 5.54. The van der Waals surface area contributed by atoms with Crippen molar-refractivity contribution in [3.8, 4) is 39.2 Å². The standard InChI is InChI=1S/C22H26N2O5S/c1-25-16-8-6-7-14(22(16)29-5)11-23-13-21-24-12-20(30-21)15-9-18(27-3)19(28-4)10-17(15)26-2/h6-10,12,23H,11,13H2,1-5H3. The first-order chi connectivity index (χ1) is 14.6. The monoisotopic (exact) mass is 430 g/mol. The molecule has 0 spiro atoms. The molecule has 1 N–H and O–H groups in total. The van der Waals surface area contributed by atoms with Crippen LogP contribution in [0, 0.1) is 0 Å². The van der Waals surface area contributed by atoms with E-state index in [1.807, 2.05) is 36.5 Å². The number of hydrogen-bond acceptors (Lipinski definition) is 8. The van der Waals surface area contributed by atoms with E-state index in [-0.39, 0.29) is 0 Å². The van der Waals surface area contributed by atoms with Gasteiger partial charge in [-0.3, -0.25) is 0 Å². The minimum absolute atomic E-state index is 0.622. The molecule has 1 aromatic heterocycles. The lowest BCUT2D eigenvalue weighted by Gasteiger charge is -2.13. The van der Waals surface area contributed by atoms with Crippen LogP contribution in [0.25, 0.3) is 10.4 Å². The number of rotatable bonds is 10. The third kappa shape index (κ3) is 4.60. The number of para-hydroxylation sites is 1. The first-order valence-corrected chi connectivity index (χ1v) is 10.1. The Bertz CT molecular complexity index is 990. The van der Waals surface area contributed by atoms with Gasteiger partial charge in [-0.2, -0.15) is 0 Å². The Morgan fingerprint density at radius 1 is 0.800 bits per heavy atom. The third-order valence-electron chi connectivity index (χ3n) is 4.60. The van der Waals surface area contributed by atoms with Gasteiger partial charge in [0.2, 0.25) is 0 Å². The smallest absolute Gasteiger partial charge is 0.165 e. The van der Waals surface area contributed by atoms with Gasteiger partial charge in [0.1, 0.15) is 10.8 Å². The van der Waals surface area contributed by atoms with E-state index in [1.54, 1.807) is 46.9 Å². The van der Waals surface area contributed by atoms with Crippen LogP contribution in [0.1, 0.15) is 10.6 Å². The number of ether oxygens (including phenoxy) is 5. The average Bonchev–Trinajstić information content (AvgIpc) is 3.26. The fourth-order valence-electron chi connectivity index (χ4n) is 3.14. The van der Waals surface area contributed by atoms with E-state index in [2.05, 4.69) is 10.3 Å². The molecule has 0 aliphatic rings. The molecule has 0 bridgehead atoms. The number of hydrogen-bond donors (Lipinski definition) is 1. The van der Waals surface area contributed by atoms with Crippen molar-refractivity contribution < 1.29 is 23.7 Å². The van der Waals surface area contributed by atoms with Crippen molar-refractivity contribution in [2.24, 2.45) is 0 Å². The van der Waals surface area contributed by atoms with Gasteiger partial charge < -0.3 is 29.0 Å². The maximum absolute atomic E-state index is 5.54. The van der Waals surface area contributed by atoms with E-state index >= 15 is 0 Å². The largest absolute Gasteiger partial charge is 0.496 e. The van der Waals surface area contributed by atoms with Crippen molar-refractivity contribution in [1.29, 1.82) is 0 Å². The highest BCUT2D eigenvalue weighted by atomic mass is 32.1. The SMILES string of the molecule is COc1cc(OC)c(-c2cnc(CNCc3cccc(OC)c3OC)s2)cc1OC. The second kappa shape index (κ2) is 10.2.